The second-order valence-electron chi connectivity index (χ2n) is 8.00. The molecule has 2 aromatic heterocycles. The largest absolute Gasteiger partial charge is 0.411 e. The van der Waals surface area contributed by atoms with Gasteiger partial charge in [0.25, 0.3) is 0 Å². The highest BCUT2D eigenvalue weighted by Crippen LogP contribution is 2.37. The molecule has 6 heteroatoms. The average Bonchev–Trinajstić information content (AvgIpc) is 3.38. The fourth-order valence-corrected chi connectivity index (χ4v) is 4.63. The van der Waals surface area contributed by atoms with Gasteiger partial charge in [-0.1, -0.05) is 23.4 Å². The monoisotopic (exact) mass is 388 g/mol. The minimum atomic E-state index is -0.248. The number of fused-ring (bicyclic) bond motifs is 1. The molecule has 29 heavy (non-hydrogen) atoms. The molecule has 2 N–H and O–H groups in total. The van der Waals surface area contributed by atoms with Crippen LogP contribution in [0, 0.1) is 0 Å². The summed E-state index contributed by atoms with van der Waals surface area (Å²) in [5.74, 6) is 0. The molecule has 0 bridgehead atoms. The SMILES string of the molecule is ON=C1CCc2cc(-c3cn([C@H]4CCC[C@H](O)C4)nc3-c3ccncc3)ccc21. The van der Waals surface area contributed by atoms with E-state index in [1.807, 2.05) is 22.9 Å². The molecular weight excluding hydrogens is 364 g/mol. The van der Waals surface area contributed by atoms with Crippen molar-refractivity contribution in [3.05, 3.63) is 60.0 Å². The predicted octanol–water partition coefficient (Wildman–Crippen LogP) is 4.21. The van der Waals surface area contributed by atoms with Gasteiger partial charge in [0.05, 0.1) is 17.9 Å². The van der Waals surface area contributed by atoms with Crippen LogP contribution in [0.15, 0.2) is 54.1 Å². The van der Waals surface area contributed by atoms with Crippen molar-refractivity contribution in [2.24, 2.45) is 5.16 Å². The topological polar surface area (TPSA) is 83.5 Å². The minimum Gasteiger partial charge on any atom is -0.411 e. The van der Waals surface area contributed by atoms with E-state index in [2.05, 4.69) is 28.5 Å². The lowest BCUT2D eigenvalue weighted by atomic mass is 9.93. The second kappa shape index (κ2) is 7.44. The lowest BCUT2D eigenvalue weighted by Crippen LogP contribution is -2.22. The van der Waals surface area contributed by atoms with Crippen LogP contribution in [0.1, 0.15) is 49.3 Å². The number of rotatable bonds is 3. The molecule has 1 fully saturated rings. The van der Waals surface area contributed by atoms with E-state index in [1.54, 1.807) is 12.4 Å². The first-order chi connectivity index (χ1) is 14.2. The maximum atomic E-state index is 10.1. The van der Waals surface area contributed by atoms with Crippen molar-refractivity contribution >= 4 is 5.71 Å². The summed E-state index contributed by atoms with van der Waals surface area (Å²) in [5, 5.41) is 27.7. The van der Waals surface area contributed by atoms with Gasteiger partial charge in [-0.05, 0) is 61.8 Å². The maximum Gasteiger partial charge on any atom is 0.100 e. The van der Waals surface area contributed by atoms with Crippen LogP contribution in [0.3, 0.4) is 0 Å². The van der Waals surface area contributed by atoms with Crippen LogP contribution in [0.25, 0.3) is 22.4 Å². The first-order valence-electron chi connectivity index (χ1n) is 10.2. The summed E-state index contributed by atoms with van der Waals surface area (Å²) in [4.78, 5) is 4.14. The van der Waals surface area contributed by atoms with Gasteiger partial charge in [0.1, 0.15) is 5.69 Å². The van der Waals surface area contributed by atoms with Gasteiger partial charge in [-0.2, -0.15) is 5.10 Å². The zero-order chi connectivity index (χ0) is 19.8. The molecule has 1 saturated carbocycles. The van der Waals surface area contributed by atoms with E-state index in [0.717, 1.165) is 72.2 Å². The molecule has 2 aliphatic rings. The molecule has 0 spiro atoms. The number of aliphatic hydroxyl groups excluding tert-OH is 1. The Balaban J connectivity index is 1.60. The summed E-state index contributed by atoms with van der Waals surface area (Å²) in [5.41, 5.74) is 7.14. The van der Waals surface area contributed by atoms with E-state index in [9.17, 15) is 10.3 Å². The Kier molecular flexibility index (Phi) is 4.64. The first kappa shape index (κ1) is 18.1. The molecular formula is C23H24N4O2. The Morgan fingerprint density at radius 3 is 2.66 bits per heavy atom. The van der Waals surface area contributed by atoms with Crippen LogP contribution in [-0.2, 0) is 6.42 Å². The highest BCUT2D eigenvalue weighted by Gasteiger charge is 2.25. The standard InChI is InChI=1S/C23H24N4O2/c28-19-3-1-2-18(13-19)27-14-21(23(25-27)15-8-10-24-11-9-15)17-4-6-20-16(12-17)5-7-22(20)26-29/h4,6,8-12,14,18-19,28-29H,1-3,5,7,13H2/t18-,19-/m0/s1. The first-order valence-corrected chi connectivity index (χ1v) is 10.2. The van der Waals surface area contributed by atoms with Crippen LogP contribution in [-0.4, -0.2) is 36.9 Å². The lowest BCUT2D eigenvalue weighted by Gasteiger charge is -2.26. The summed E-state index contributed by atoms with van der Waals surface area (Å²) in [6.07, 6.45) is 10.8. The number of pyridine rings is 1. The van der Waals surface area contributed by atoms with Gasteiger partial charge in [-0.25, -0.2) is 0 Å². The Morgan fingerprint density at radius 2 is 1.86 bits per heavy atom. The predicted molar refractivity (Wildman–Crippen MR) is 111 cm³/mol. The number of aryl methyl sites for hydroxylation is 1. The van der Waals surface area contributed by atoms with Gasteiger partial charge in [0.2, 0.25) is 0 Å². The summed E-state index contributed by atoms with van der Waals surface area (Å²) in [6, 6.07) is 10.5. The van der Waals surface area contributed by atoms with E-state index >= 15 is 0 Å². The normalized spacial score (nSPS) is 22.7. The van der Waals surface area contributed by atoms with Crippen molar-refractivity contribution < 1.29 is 10.3 Å². The summed E-state index contributed by atoms with van der Waals surface area (Å²) >= 11 is 0. The molecule has 2 heterocycles. The van der Waals surface area contributed by atoms with Crippen LogP contribution < -0.4 is 0 Å². The Hall–Kier alpha value is -2.99. The van der Waals surface area contributed by atoms with Crippen molar-refractivity contribution in [3.8, 4) is 22.4 Å². The number of aromatic nitrogens is 3. The number of nitrogens with zero attached hydrogens (tertiary/aromatic N) is 4. The van der Waals surface area contributed by atoms with Crippen molar-refractivity contribution in [2.45, 2.75) is 50.7 Å². The quantitative estimate of drug-likeness (QED) is 0.520. The molecule has 3 aromatic rings. The highest BCUT2D eigenvalue weighted by molar-refractivity contribution is 6.04. The third-order valence-electron chi connectivity index (χ3n) is 6.16. The third-order valence-corrected chi connectivity index (χ3v) is 6.16. The molecule has 2 aliphatic carbocycles. The highest BCUT2D eigenvalue weighted by atomic mass is 16.4. The number of hydrogen-bond donors (Lipinski definition) is 2. The zero-order valence-electron chi connectivity index (χ0n) is 16.2. The van der Waals surface area contributed by atoms with Gasteiger partial charge < -0.3 is 10.3 Å². The fourth-order valence-electron chi connectivity index (χ4n) is 4.63. The third kappa shape index (κ3) is 3.34. The molecule has 0 saturated heterocycles. The zero-order valence-corrected chi connectivity index (χ0v) is 16.2. The summed E-state index contributed by atoms with van der Waals surface area (Å²) < 4.78 is 2.04. The number of aliphatic hydroxyl groups is 1. The molecule has 5 rings (SSSR count). The maximum absolute atomic E-state index is 10.1. The van der Waals surface area contributed by atoms with E-state index in [-0.39, 0.29) is 12.1 Å². The minimum absolute atomic E-state index is 0.218. The Morgan fingerprint density at radius 1 is 1.00 bits per heavy atom. The van der Waals surface area contributed by atoms with Crippen LogP contribution >= 0.6 is 0 Å². The van der Waals surface area contributed by atoms with E-state index in [4.69, 9.17) is 5.10 Å². The Labute approximate surface area is 169 Å². The fraction of sp³-hybridized carbons (Fsp3) is 0.348. The molecule has 0 aliphatic heterocycles. The number of oxime groups is 1. The van der Waals surface area contributed by atoms with Gasteiger partial charge in [-0.15, -0.1) is 0 Å². The average molecular weight is 388 g/mol. The second-order valence-corrected chi connectivity index (χ2v) is 8.00. The number of hydrogen-bond acceptors (Lipinski definition) is 5. The lowest BCUT2D eigenvalue weighted by molar-refractivity contribution is 0.100. The van der Waals surface area contributed by atoms with Crippen molar-refractivity contribution in [1.29, 1.82) is 0 Å². The molecule has 2 atom stereocenters. The van der Waals surface area contributed by atoms with Gasteiger partial charge in [0, 0.05) is 35.3 Å². The molecule has 148 valence electrons. The van der Waals surface area contributed by atoms with Crippen LogP contribution in [0.5, 0.6) is 0 Å². The van der Waals surface area contributed by atoms with Gasteiger partial charge in [-0.3, -0.25) is 9.67 Å². The van der Waals surface area contributed by atoms with Crippen LogP contribution in [0.4, 0.5) is 0 Å². The van der Waals surface area contributed by atoms with Crippen LogP contribution in [0.2, 0.25) is 0 Å². The van der Waals surface area contributed by atoms with E-state index in [0.29, 0.717) is 0 Å². The van der Waals surface area contributed by atoms with Crippen molar-refractivity contribution in [2.75, 3.05) is 0 Å². The molecule has 0 radical (unpaired) electrons. The summed E-state index contributed by atoms with van der Waals surface area (Å²) in [7, 11) is 0. The van der Waals surface area contributed by atoms with E-state index < -0.39 is 0 Å². The molecule has 6 nitrogen and oxygen atoms in total. The Bertz CT molecular complexity index is 1060. The molecule has 0 amide bonds. The number of benzene rings is 1. The smallest absolute Gasteiger partial charge is 0.100 e. The molecule has 1 aromatic carbocycles. The van der Waals surface area contributed by atoms with Gasteiger partial charge in [0.15, 0.2) is 0 Å². The van der Waals surface area contributed by atoms with Crippen molar-refractivity contribution in [1.82, 2.24) is 14.8 Å². The van der Waals surface area contributed by atoms with Gasteiger partial charge >= 0.3 is 0 Å². The van der Waals surface area contributed by atoms with Crippen molar-refractivity contribution in [3.63, 3.8) is 0 Å². The molecule has 0 unspecified atom stereocenters. The summed E-state index contributed by atoms with van der Waals surface area (Å²) in [6.45, 7) is 0. The van der Waals surface area contributed by atoms with E-state index in [1.165, 1.54) is 5.56 Å².